The van der Waals surface area contributed by atoms with Crippen molar-refractivity contribution in [3.63, 3.8) is 0 Å². The molecule has 0 aliphatic heterocycles. The topological polar surface area (TPSA) is 82.0 Å². The number of carbonyl (C=O) groups excluding carboxylic acids is 1. The average Bonchev–Trinajstić information content (AvgIpc) is 2.30. The van der Waals surface area contributed by atoms with Crippen LogP contribution in [0.5, 0.6) is 0 Å². The number of nitrogen functional groups attached to an aromatic ring is 1. The van der Waals surface area contributed by atoms with Crippen LogP contribution in [0.4, 0.5) is 5.82 Å². The number of nitrogens with two attached hydrogens (primary N) is 2. The number of benzene rings is 1. The van der Waals surface area contributed by atoms with E-state index in [1.807, 2.05) is 12.1 Å². The van der Waals surface area contributed by atoms with Crippen molar-refractivity contribution < 1.29 is 4.79 Å². The van der Waals surface area contributed by atoms with E-state index in [2.05, 4.69) is 4.98 Å². The molecule has 1 aromatic carbocycles. The standard InChI is InChI=1S/C12H11N3O/c13-11-5-4-10(7-15-11)8-2-1-3-9(6-8)12(14)16/h1-7H,(H2,13,15)(H2,14,16). The van der Waals surface area contributed by atoms with Gasteiger partial charge in [0, 0.05) is 17.3 Å². The number of primary amides is 1. The highest BCUT2D eigenvalue weighted by atomic mass is 16.1. The van der Waals surface area contributed by atoms with Crippen LogP contribution in [-0.2, 0) is 0 Å². The van der Waals surface area contributed by atoms with Crippen LogP contribution in [0.25, 0.3) is 11.1 Å². The van der Waals surface area contributed by atoms with E-state index < -0.39 is 5.91 Å². The summed E-state index contributed by atoms with van der Waals surface area (Å²) in [5, 5.41) is 0. The van der Waals surface area contributed by atoms with Gasteiger partial charge >= 0.3 is 0 Å². The van der Waals surface area contributed by atoms with E-state index >= 15 is 0 Å². The molecule has 0 saturated heterocycles. The van der Waals surface area contributed by atoms with Crippen molar-refractivity contribution in [3.8, 4) is 11.1 Å². The smallest absolute Gasteiger partial charge is 0.248 e. The van der Waals surface area contributed by atoms with Crippen LogP contribution >= 0.6 is 0 Å². The third-order valence-corrected chi connectivity index (χ3v) is 2.27. The maximum atomic E-state index is 11.0. The van der Waals surface area contributed by atoms with Crippen LogP contribution in [-0.4, -0.2) is 10.9 Å². The highest BCUT2D eigenvalue weighted by Crippen LogP contribution is 2.19. The SMILES string of the molecule is NC(=O)c1cccc(-c2ccc(N)nc2)c1. The predicted octanol–water partition coefficient (Wildman–Crippen LogP) is 1.43. The van der Waals surface area contributed by atoms with Gasteiger partial charge in [-0.05, 0) is 29.8 Å². The third-order valence-electron chi connectivity index (χ3n) is 2.27. The molecule has 0 unspecified atom stereocenters. The second-order valence-electron chi connectivity index (χ2n) is 3.42. The van der Waals surface area contributed by atoms with E-state index in [1.54, 1.807) is 30.5 Å². The molecule has 0 atom stereocenters. The molecular weight excluding hydrogens is 202 g/mol. The Hall–Kier alpha value is -2.36. The van der Waals surface area contributed by atoms with E-state index in [-0.39, 0.29) is 0 Å². The van der Waals surface area contributed by atoms with Crippen LogP contribution < -0.4 is 11.5 Å². The lowest BCUT2D eigenvalue weighted by Crippen LogP contribution is -2.10. The molecule has 0 bridgehead atoms. The summed E-state index contributed by atoms with van der Waals surface area (Å²) in [4.78, 5) is 15.0. The highest BCUT2D eigenvalue weighted by Gasteiger charge is 2.03. The van der Waals surface area contributed by atoms with E-state index in [0.29, 0.717) is 11.4 Å². The molecule has 0 fully saturated rings. The lowest BCUT2D eigenvalue weighted by Gasteiger charge is -2.03. The van der Waals surface area contributed by atoms with E-state index in [4.69, 9.17) is 11.5 Å². The number of hydrogen-bond acceptors (Lipinski definition) is 3. The van der Waals surface area contributed by atoms with Crippen molar-refractivity contribution in [1.82, 2.24) is 4.98 Å². The molecule has 1 aromatic heterocycles. The first-order chi connectivity index (χ1) is 7.66. The Kier molecular flexibility index (Phi) is 2.55. The van der Waals surface area contributed by atoms with Gasteiger partial charge in [0.2, 0.25) is 5.91 Å². The normalized spacial score (nSPS) is 10.0. The fourth-order valence-corrected chi connectivity index (χ4v) is 1.43. The van der Waals surface area contributed by atoms with Crippen LogP contribution in [0.15, 0.2) is 42.6 Å². The maximum Gasteiger partial charge on any atom is 0.248 e. The van der Waals surface area contributed by atoms with Gasteiger partial charge in [-0.1, -0.05) is 12.1 Å². The lowest BCUT2D eigenvalue weighted by atomic mass is 10.0. The number of anilines is 1. The Bertz CT molecular complexity index is 520. The molecule has 0 saturated carbocycles. The number of carbonyl (C=O) groups is 1. The molecule has 0 spiro atoms. The summed E-state index contributed by atoms with van der Waals surface area (Å²) in [5.41, 5.74) is 13.0. The van der Waals surface area contributed by atoms with Crippen LogP contribution in [0.2, 0.25) is 0 Å². The van der Waals surface area contributed by atoms with Gasteiger partial charge in [0.1, 0.15) is 5.82 Å². The zero-order valence-corrected chi connectivity index (χ0v) is 8.55. The summed E-state index contributed by atoms with van der Waals surface area (Å²) in [7, 11) is 0. The van der Waals surface area contributed by atoms with E-state index in [0.717, 1.165) is 11.1 Å². The fraction of sp³-hybridized carbons (Fsp3) is 0. The van der Waals surface area contributed by atoms with Gasteiger partial charge < -0.3 is 11.5 Å². The summed E-state index contributed by atoms with van der Waals surface area (Å²) >= 11 is 0. The Morgan fingerprint density at radius 3 is 2.56 bits per heavy atom. The molecule has 1 amide bonds. The van der Waals surface area contributed by atoms with Crippen molar-refractivity contribution >= 4 is 11.7 Å². The molecule has 2 rings (SSSR count). The maximum absolute atomic E-state index is 11.0. The zero-order valence-electron chi connectivity index (χ0n) is 8.55. The van der Waals surface area contributed by atoms with Crippen LogP contribution in [0, 0.1) is 0 Å². The van der Waals surface area contributed by atoms with E-state index in [1.165, 1.54) is 0 Å². The molecule has 4 heteroatoms. The largest absolute Gasteiger partial charge is 0.384 e. The average molecular weight is 213 g/mol. The second-order valence-corrected chi connectivity index (χ2v) is 3.42. The van der Waals surface area contributed by atoms with E-state index in [9.17, 15) is 4.79 Å². The summed E-state index contributed by atoms with van der Waals surface area (Å²) < 4.78 is 0. The third kappa shape index (κ3) is 2.00. The quantitative estimate of drug-likeness (QED) is 0.791. The molecule has 0 aliphatic rings. The Morgan fingerprint density at radius 2 is 1.94 bits per heavy atom. The van der Waals surface area contributed by atoms with Gasteiger partial charge in [0.05, 0.1) is 0 Å². The van der Waals surface area contributed by atoms with Crippen LogP contribution in [0.3, 0.4) is 0 Å². The summed E-state index contributed by atoms with van der Waals surface area (Å²) in [5.74, 6) is 0.0278. The van der Waals surface area contributed by atoms with Gasteiger partial charge in [-0.3, -0.25) is 4.79 Å². The number of aromatic nitrogens is 1. The molecule has 4 N–H and O–H groups in total. The monoisotopic (exact) mass is 213 g/mol. The van der Waals surface area contributed by atoms with Gasteiger partial charge in [0.15, 0.2) is 0 Å². The molecule has 16 heavy (non-hydrogen) atoms. The molecule has 0 aliphatic carbocycles. The highest BCUT2D eigenvalue weighted by molar-refractivity contribution is 5.94. The van der Waals surface area contributed by atoms with Gasteiger partial charge in [-0.2, -0.15) is 0 Å². The van der Waals surface area contributed by atoms with Gasteiger partial charge in [-0.15, -0.1) is 0 Å². The molecule has 4 nitrogen and oxygen atoms in total. The first kappa shape index (κ1) is 10.2. The number of pyridine rings is 1. The Labute approximate surface area is 92.9 Å². The van der Waals surface area contributed by atoms with Crippen molar-refractivity contribution in [1.29, 1.82) is 0 Å². The summed E-state index contributed by atoms with van der Waals surface area (Å²) in [6.45, 7) is 0. The van der Waals surface area contributed by atoms with Gasteiger partial charge in [0.25, 0.3) is 0 Å². The van der Waals surface area contributed by atoms with Crippen molar-refractivity contribution in [3.05, 3.63) is 48.2 Å². The minimum absolute atomic E-state index is 0.440. The number of rotatable bonds is 2. The van der Waals surface area contributed by atoms with Crippen molar-refractivity contribution in [2.75, 3.05) is 5.73 Å². The minimum Gasteiger partial charge on any atom is -0.384 e. The van der Waals surface area contributed by atoms with Crippen LogP contribution in [0.1, 0.15) is 10.4 Å². The summed E-state index contributed by atoms with van der Waals surface area (Å²) in [6.07, 6.45) is 1.66. The van der Waals surface area contributed by atoms with Gasteiger partial charge in [-0.25, -0.2) is 4.98 Å². The first-order valence-corrected chi connectivity index (χ1v) is 4.78. The summed E-state index contributed by atoms with van der Waals surface area (Å²) in [6, 6.07) is 10.6. The number of amides is 1. The molecule has 80 valence electrons. The lowest BCUT2D eigenvalue weighted by molar-refractivity contribution is 0.100. The number of nitrogens with zero attached hydrogens (tertiary/aromatic N) is 1. The second kappa shape index (κ2) is 4.02. The van der Waals surface area contributed by atoms with Crippen molar-refractivity contribution in [2.24, 2.45) is 5.73 Å². The zero-order chi connectivity index (χ0) is 11.5. The van der Waals surface area contributed by atoms with Crippen molar-refractivity contribution in [2.45, 2.75) is 0 Å². The molecule has 2 aromatic rings. The first-order valence-electron chi connectivity index (χ1n) is 4.78. The Morgan fingerprint density at radius 1 is 1.12 bits per heavy atom. The fourth-order valence-electron chi connectivity index (χ4n) is 1.43. The molecule has 1 heterocycles. The molecule has 0 radical (unpaired) electrons. The Balaban J connectivity index is 2.44. The predicted molar refractivity (Wildman–Crippen MR) is 62.6 cm³/mol. The number of hydrogen-bond donors (Lipinski definition) is 2. The molecular formula is C12H11N3O. The minimum atomic E-state index is -0.440.